The Balaban J connectivity index is 1.14. The molecule has 5 rings (SSSR count). The number of nitrogens with zero attached hydrogens (tertiary/aromatic N) is 5. The number of aromatic nitrogens is 2. The SMILES string of the molecule is COc1ccc(-c2noc(CN3CCN(C(=O)C4CC(=O)N(c5cccc(C)c5C)C4)CC3)n2)cc1. The van der Waals surface area contributed by atoms with Crippen LogP contribution in [0.4, 0.5) is 5.69 Å². The third-order valence-electron chi connectivity index (χ3n) is 7.20. The number of rotatable bonds is 6. The van der Waals surface area contributed by atoms with E-state index in [1.807, 2.05) is 61.2 Å². The predicted molar refractivity (Wildman–Crippen MR) is 135 cm³/mol. The van der Waals surface area contributed by atoms with Crippen LogP contribution in [0.1, 0.15) is 23.4 Å². The molecular weight excluding hydrogens is 458 g/mol. The van der Waals surface area contributed by atoms with Crippen LogP contribution in [0.15, 0.2) is 47.0 Å². The van der Waals surface area contributed by atoms with Gasteiger partial charge in [0.05, 0.1) is 19.6 Å². The van der Waals surface area contributed by atoms with Gasteiger partial charge in [-0.2, -0.15) is 4.98 Å². The van der Waals surface area contributed by atoms with Gasteiger partial charge in [0.15, 0.2) is 0 Å². The van der Waals surface area contributed by atoms with E-state index in [1.54, 1.807) is 12.0 Å². The molecule has 0 radical (unpaired) electrons. The number of aryl methyl sites for hydroxylation is 1. The van der Waals surface area contributed by atoms with E-state index < -0.39 is 0 Å². The Labute approximate surface area is 210 Å². The molecule has 188 valence electrons. The number of hydrogen-bond acceptors (Lipinski definition) is 7. The second-order valence-electron chi connectivity index (χ2n) is 9.47. The summed E-state index contributed by atoms with van der Waals surface area (Å²) in [5.41, 5.74) is 4.00. The summed E-state index contributed by atoms with van der Waals surface area (Å²) in [6, 6.07) is 13.5. The lowest BCUT2D eigenvalue weighted by Gasteiger charge is -2.35. The van der Waals surface area contributed by atoms with Crippen molar-refractivity contribution in [3.63, 3.8) is 0 Å². The third kappa shape index (κ3) is 4.83. The highest BCUT2D eigenvalue weighted by atomic mass is 16.5. The Morgan fingerprint density at radius 1 is 1.08 bits per heavy atom. The highest BCUT2D eigenvalue weighted by Gasteiger charge is 2.38. The molecule has 0 aliphatic carbocycles. The molecule has 2 saturated heterocycles. The van der Waals surface area contributed by atoms with Crippen molar-refractivity contribution in [2.75, 3.05) is 44.7 Å². The lowest BCUT2D eigenvalue weighted by Crippen LogP contribution is -2.50. The first-order chi connectivity index (χ1) is 17.4. The van der Waals surface area contributed by atoms with Crippen LogP contribution < -0.4 is 9.64 Å². The van der Waals surface area contributed by atoms with Crippen molar-refractivity contribution in [1.29, 1.82) is 0 Å². The van der Waals surface area contributed by atoms with Crippen LogP contribution in [0.3, 0.4) is 0 Å². The van der Waals surface area contributed by atoms with E-state index in [0.29, 0.717) is 51.0 Å². The van der Waals surface area contributed by atoms with Crippen LogP contribution in [0.25, 0.3) is 11.4 Å². The van der Waals surface area contributed by atoms with Gasteiger partial charge in [-0.1, -0.05) is 17.3 Å². The Hall–Kier alpha value is -3.72. The number of carbonyl (C=O) groups is 2. The lowest BCUT2D eigenvalue weighted by molar-refractivity contribution is -0.137. The molecule has 0 bridgehead atoms. The molecule has 2 aliphatic rings. The zero-order valence-corrected chi connectivity index (χ0v) is 20.9. The monoisotopic (exact) mass is 489 g/mol. The van der Waals surface area contributed by atoms with Gasteiger partial charge in [0.2, 0.25) is 23.5 Å². The first-order valence-corrected chi connectivity index (χ1v) is 12.3. The molecular formula is C27H31N5O4. The molecule has 9 heteroatoms. The molecule has 0 spiro atoms. The van der Waals surface area contributed by atoms with Crippen LogP contribution in [-0.2, 0) is 16.1 Å². The summed E-state index contributed by atoms with van der Waals surface area (Å²) in [6.07, 6.45) is 0.266. The van der Waals surface area contributed by atoms with Crippen molar-refractivity contribution < 1.29 is 18.8 Å². The molecule has 2 aliphatic heterocycles. The van der Waals surface area contributed by atoms with E-state index in [2.05, 4.69) is 15.0 Å². The first-order valence-electron chi connectivity index (χ1n) is 12.3. The maximum Gasteiger partial charge on any atom is 0.241 e. The van der Waals surface area contributed by atoms with Crippen LogP contribution >= 0.6 is 0 Å². The van der Waals surface area contributed by atoms with E-state index in [0.717, 1.165) is 28.1 Å². The maximum atomic E-state index is 13.2. The Bertz CT molecular complexity index is 1250. The van der Waals surface area contributed by atoms with Gasteiger partial charge < -0.3 is 19.1 Å². The summed E-state index contributed by atoms with van der Waals surface area (Å²) >= 11 is 0. The fourth-order valence-electron chi connectivity index (χ4n) is 4.89. The van der Waals surface area contributed by atoms with Gasteiger partial charge in [-0.3, -0.25) is 14.5 Å². The predicted octanol–water partition coefficient (Wildman–Crippen LogP) is 3.06. The maximum absolute atomic E-state index is 13.2. The topological polar surface area (TPSA) is 92.0 Å². The van der Waals surface area contributed by atoms with Gasteiger partial charge in [0.25, 0.3) is 0 Å². The largest absolute Gasteiger partial charge is 0.497 e. The minimum atomic E-state index is -0.299. The van der Waals surface area contributed by atoms with Crippen molar-refractivity contribution in [3.05, 3.63) is 59.5 Å². The Kier molecular flexibility index (Phi) is 6.73. The standard InChI is InChI=1S/C27H31N5O4/c1-18-5-4-6-23(19(18)2)32-16-21(15-25(32)33)27(34)31-13-11-30(12-14-31)17-24-28-26(29-36-24)20-7-9-22(35-3)10-8-20/h4-10,21H,11-17H2,1-3H3. The number of benzene rings is 2. The first kappa shape index (κ1) is 24.0. The second kappa shape index (κ2) is 10.1. The molecule has 3 aromatic rings. The molecule has 1 aromatic heterocycles. The van der Waals surface area contributed by atoms with Crippen molar-refractivity contribution in [1.82, 2.24) is 19.9 Å². The smallest absolute Gasteiger partial charge is 0.241 e. The minimum absolute atomic E-state index is 0.0183. The second-order valence-corrected chi connectivity index (χ2v) is 9.47. The minimum Gasteiger partial charge on any atom is -0.497 e. The number of carbonyl (C=O) groups excluding carboxylic acids is 2. The van der Waals surface area contributed by atoms with Gasteiger partial charge >= 0.3 is 0 Å². The molecule has 36 heavy (non-hydrogen) atoms. The van der Waals surface area contributed by atoms with E-state index in [1.165, 1.54) is 0 Å². The quantitative estimate of drug-likeness (QED) is 0.526. The number of ether oxygens (including phenoxy) is 1. The lowest BCUT2D eigenvalue weighted by atomic mass is 10.1. The fourth-order valence-corrected chi connectivity index (χ4v) is 4.89. The average Bonchev–Trinajstić information content (AvgIpc) is 3.52. The fraction of sp³-hybridized carbons (Fsp3) is 0.407. The van der Waals surface area contributed by atoms with Crippen LogP contribution in [0, 0.1) is 19.8 Å². The molecule has 1 unspecified atom stereocenters. The zero-order chi connectivity index (χ0) is 25.2. The number of hydrogen-bond donors (Lipinski definition) is 0. The normalized spacial score (nSPS) is 18.6. The molecule has 2 amide bonds. The zero-order valence-electron chi connectivity index (χ0n) is 20.9. The molecule has 0 N–H and O–H groups in total. The van der Waals surface area contributed by atoms with Crippen LogP contribution in [-0.4, -0.2) is 71.6 Å². The molecule has 3 heterocycles. The van der Waals surface area contributed by atoms with Crippen LogP contribution in [0.5, 0.6) is 5.75 Å². The van der Waals surface area contributed by atoms with Gasteiger partial charge in [-0.05, 0) is 55.3 Å². The molecule has 0 saturated carbocycles. The van der Waals surface area contributed by atoms with Gasteiger partial charge in [-0.25, -0.2) is 0 Å². The van der Waals surface area contributed by atoms with Crippen molar-refractivity contribution in [2.45, 2.75) is 26.8 Å². The van der Waals surface area contributed by atoms with Crippen molar-refractivity contribution in [3.8, 4) is 17.1 Å². The van der Waals surface area contributed by atoms with Crippen molar-refractivity contribution >= 4 is 17.5 Å². The summed E-state index contributed by atoms with van der Waals surface area (Å²) < 4.78 is 10.7. The van der Waals surface area contributed by atoms with Gasteiger partial charge in [0, 0.05) is 50.4 Å². The third-order valence-corrected chi connectivity index (χ3v) is 7.20. The van der Waals surface area contributed by atoms with Gasteiger partial charge in [-0.15, -0.1) is 0 Å². The van der Waals surface area contributed by atoms with Crippen LogP contribution in [0.2, 0.25) is 0 Å². The number of methoxy groups -OCH3 is 1. The number of amides is 2. The summed E-state index contributed by atoms with van der Waals surface area (Å²) in [7, 11) is 1.63. The van der Waals surface area contributed by atoms with Crippen molar-refractivity contribution in [2.24, 2.45) is 5.92 Å². The molecule has 2 aromatic carbocycles. The van der Waals surface area contributed by atoms with E-state index in [-0.39, 0.29) is 24.2 Å². The summed E-state index contributed by atoms with van der Waals surface area (Å²) in [4.78, 5) is 36.4. The average molecular weight is 490 g/mol. The Morgan fingerprint density at radius 2 is 1.83 bits per heavy atom. The number of anilines is 1. The molecule has 9 nitrogen and oxygen atoms in total. The highest BCUT2D eigenvalue weighted by Crippen LogP contribution is 2.30. The number of piperazine rings is 1. The Morgan fingerprint density at radius 3 is 2.56 bits per heavy atom. The molecule has 2 fully saturated rings. The van der Waals surface area contributed by atoms with E-state index in [4.69, 9.17) is 9.26 Å². The summed E-state index contributed by atoms with van der Waals surface area (Å²) in [5.74, 6) is 1.65. The van der Waals surface area contributed by atoms with E-state index >= 15 is 0 Å². The molecule has 1 atom stereocenters. The van der Waals surface area contributed by atoms with Gasteiger partial charge in [0.1, 0.15) is 5.75 Å². The van der Waals surface area contributed by atoms with E-state index in [9.17, 15) is 9.59 Å². The highest BCUT2D eigenvalue weighted by molar-refractivity contribution is 6.01. The summed E-state index contributed by atoms with van der Waals surface area (Å²) in [5, 5.41) is 4.10. The summed E-state index contributed by atoms with van der Waals surface area (Å²) in [6.45, 7) is 7.71.